The molecule has 5 unspecified atom stereocenters. The largest absolute Gasteiger partial charge is 0.285 e. The molecule has 0 N–H and O–H groups in total. The van der Waals surface area contributed by atoms with Crippen molar-refractivity contribution in [2.75, 3.05) is 7.05 Å². The number of imide groups is 1. The van der Waals surface area contributed by atoms with Gasteiger partial charge in [-0.25, -0.2) is 0 Å². The van der Waals surface area contributed by atoms with E-state index in [1.54, 1.807) is 7.05 Å². The van der Waals surface area contributed by atoms with E-state index in [9.17, 15) is 9.59 Å². The van der Waals surface area contributed by atoms with Crippen LogP contribution in [-0.2, 0) is 9.59 Å². The number of carbonyl (C=O) groups is 2. The van der Waals surface area contributed by atoms with E-state index in [1.807, 2.05) is 13.8 Å². The summed E-state index contributed by atoms with van der Waals surface area (Å²) in [4.78, 5) is 25.0. The van der Waals surface area contributed by atoms with Crippen LogP contribution in [0.1, 0.15) is 33.6 Å². The zero-order chi connectivity index (χ0) is 12.0. The predicted octanol–water partition coefficient (Wildman–Crippen LogP) is 1.92. The number of hydrogen-bond donors (Lipinski definition) is 0. The van der Waals surface area contributed by atoms with Gasteiger partial charge in [-0.2, -0.15) is 0 Å². The van der Waals surface area contributed by atoms with Crippen LogP contribution < -0.4 is 0 Å². The average molecular weight is 223 g/mol. The van der Waals surface area contributed by atoms with E-state index in [0.717, 1.165) is 12.8 Å². The molecule has 0 aromatic carbocycles. The second kappa shape index (κ2) is 3.86. The molecule has 0 spiro atoms. The van der Waals surface area contributed by atoms with Crippen LogP contribution in [0.2, 0.25) is 0 Å². The van der Waals surface area contributed by atoms with Crippen molar-refractivity contribution in [3.8, 4) is 0 Å². The minimum Gasteiger partial charge on any atom is -0.285 e. The van der Waals surface area contributed by atoms with Crippen molar-refractivity contribution in [1.82, 2.24) is 4.90 Å². The molecule has 3 rings (SSSR count). The van der Waals surface area contributed by atoms with E-state index in [-0.39, 0.29) is 23.7 Å². The second-order valence-electron chi connectivity index (χ2n) is 5.16. The first kappa shape index (κ1) is 11.6. The van der Waals surface area contributed by atoms with Crippen LogP contribution in [0, 0.1) is 29.6 Å². The summed E-state index contributed by atoms with van der Waals surface area (Å²) >= 11 is 0. The number of fused-ring (bicyclic) bond motifs is 5. The first-order chi connectivity index (χ1) is 7.61. The van der Waals surface area contributed by atoms with Crippen LogP contribution in [0.4, 0.5) is 0 Å². The third kappa shape index (κ3) is 1.26. The highest BCUT2D eigenvalue weighted by molar-refractivity contribution is 6.05. The zero-order valence-corrected chi connectivity index (χ0v) is 10.6. The van der Waals surface area contributed by atoms with Gasteiger partial charge in [-0.15, -0.1) is 0 Å². The van der Waals surface area contributed by atoms with Gasteiger partial charge in [0.2, 0.25) is 11.8 Å². The van der Waals surface area contributed by atoms with Gasteiger partial charge in [-0.1, -0.05) is 20.8 Å². The van der Waals surface area contributed by atoms with E-state index in [4.69, 9.17) is 0 Å². The number of nitrogens with zero attached hydrogens (tertiary/aromatic N) is 1. The molecular formula is C13H21NO2. The maximum absolute atomic E-state index is 11.8. The Hall–Kier alpha value is -0.860. The lowest BCUT2D eigenvalue weighted by molar-refractivity contribution is -0.139. The lowest BCUT2D eigenvalue weighted by atomic mass is 9.76. The van der Waals surface area contributed by atoms with Gasteiger partial charge < -0.3 is 0 Å². The summed E-state index contributed by atoms with van der Waals surface area (Å²) in [6.45, 7) is 6.22. The Morgan fingerprint density at radius 2 is 1.62 bits per heavy atom. The molecule has 0 radical (unpaired) electrons. The second-order valence-corrected chi connectivity index (χ2v) is 5.16. The Morgan fingerprint density at radius 1 is 1.06 bits per heavy atom. The maximum Gasteiger partial charge on any atom is 0.233 e. The van der Waals surface area contributed by atoms with E-state index in [2.05, 4.69) is 6.92 Å². The highest BCUT2D eigenvalue weighted by Crippen LogP contribution is 2.58. The molecule has 5 atom stereocenters. The topological polar surface area (TPSA) is 37.4 Å². The highest BCUT2D eigenvalue weighted by Gasteiger charge is 2.61. The molecule has 3 aliphatic rings. The van der Waals surface area contributed by atoms with Crippen molar-refractivity contribution in [3.05, 3.63) is 0 Å². The summed E-state index contributed by atoms with van der Waals surface area (Å²) < 4.78 is 0. The molecule has 1 aliphatic heterocycles. The van der Waals surface area contributed by atoms with Gasteiger partial charge in [0.1, 0.15) is 0 Å². The van der Waals surface area contributed by atoms with Crippen LogP contribution in [0.15, 0.2) is 0 Å². The molecule has 2 amide bonds. The van der Waals surface area contributed by atoms with Crippen LogP contribution in [0.3, 0.4) is 0 Å². The molecule has 3 nitrogen and oxygen atoms in total. The van der Waals surface area contributed by atoms with Gasteiger partial charge in [0.05, 0.1) is 11.8 Å². The summed E-state index contributed by atoms with van der Waals surface area (Å²) in [5.74, 6) is 1.89. The van der Waals surface area contributed by atoms with E-state index in [1.165, 1.54) is 4.90 Å². The molecule has 90 valence electrons. The number of hydrogen-bond acceptors (Lipinski definition) is 2. The monoisotopic (exact) mass is 223 g/mol. The fraction of sp³-hybridized carbons (Fsp3) is 0.846. The number of likely N-dealkylation sites (tertiary alicyclic amines) is 1. The average Bonchev–Trinajstić information content (AvgIpc) is 2.90. The van der Waals surface area contributed by atoms with Crippen molar-refractivity contribution in [3.63, 3.8) is 0 Å². The van der Waals surface area contributed by atoms with Crippen LogP contribution >= 0.6 is 0 Å². The van der Waals surface area contributed by atoms with Gasteiger partial charge in [0.25, 0.3) is 0 Å². The summed E-state index contributed by atoms with van der Waals surface area (Å²) in [5, 5.41) is 0. The Labute approximate surface area is 97.2 Å². The van der Waals surface area contributed by atoms with Gasteiger partial charge in [-0.3, -0.25) is 14.5 Å². The summed E-state index contributed by atoms with van der Waals surface area (Å²) in [5.41, 5.74) is 0. The Kier molecular flexibility index (Phi) is 2.81. The quantitative estimate of drug-likeness (QED) is 0.588. The van der Waals surface area contributed by atoms with E-state index < -0.39 is 0 Å². The molecule has 2 bridgehead atoms. The Balaban J connectivity index is 0.000000457. The summed E-state index contributed by atoms with van der Waals surface area (Å²) in [6, 6.07) is 0. The normalized spacial score (nSPS) is 44.5. The lowest BCUT2D eigenvalue weighted by Crippen LogP contribution is -2.29. The molecule has 0 aromatic rings. The summed E-state index contributed by atoms with van der Waals surface area (Å²) in [7, 11) is 1.63. The molecule has 16 heavy (non-hydrogen) atoms. The molecule has 2 saturated carbocycles. The number of amides is 2. The van der Waals surface area contributed by atoms with Crippen LogP contribution in [0.25, 0.3) is 0 Å². The van der Waals surface area contributed by atoms with Crippen LogP contribution in [0.5, 0.6) is 0 Å². The molecule has 3 heteroatoms. The number of carbonyl (C=O) groups excluding carboxylic acids is 2. The third-order valence-electron chi connectivity index (χ3n) is 4.57. The van der Waals surface area contributed by atoms with Gasteiger partial charge >= 0.3 is 0 Å². The van der Waals surface area contributed by atoms with Crippen molar-refractivity contribution >= 4 is 11.8 Å². The molecule has 1 heterocycles. The van der Waals surface area contributed by atoms with E-state index in [0.29, 0.717) is 17.8 Å². The SMILES string of the molecule is CC.CC1CC2CC1C1C(=O)N(C)C(=O)C21. The predicted molar refractivity (Wildman–Crippen MR) is 61.5 cm³/mol. The van der Waals surface area contributed by atoms with Crippen molar-refractivity contribution in [2.45, 2.75) is 33.6 Å². The zero-order valence-electron chi connectivity index (χ0n) is 10.6. The maximum atomic E-state index is 11.8. The molecule has 0 aromatic heterocycles. The minimum absolute atomic E-state index is 0.0428. The molecular weight excluding hydrogens is 202 g/mol. The van der Waals surface area contributed by atoms with Gasteiger partial charge in [-0.05, 0) is 30.6 Å². The molecule has 3 fully saturated rings. The standard InChI is InChI=1S/C11H15NO2.C2H6/c1-5-3-6-4-7(5)9-8(6)10(13)12(2)11(9)14;1-2/h5-9H,3-4H2,1-2H3;1-2H3. The Morgan fingerprint density at radius 3 is 2.25 bits per heavy atom. The number of rotatable bonds is 0. The van der Waals surface area contributed by atoms with Gasteiger partial charge in [0.15, 0.2) is 0 Å². The fourth-order valence-electron chi connectivity index (χ4n) is 3.93. The van der Waals surface area contributed by atoms with Crippen molar-refractivity contribution < 1.29 is 9.59 Å². The molecule has 2 aliphatic carbocycles. The van der Waals surface area contributed by atoms with E-state index >= 15 is 0 Å². The fourth-order valence-corrected chi connectivity index (χ4v) is 3.93. The van der Waals surface area contributed by atoms with Gasteiger partial charge in [0, 0.05) is 7.05 Å². The highest BCUT2D eigenvalue weighted by atomic mass is 16.2. The third-order valence-corrected chi connectivity index (χ3v) is 4.57. The lowest BCUT2D eigenvalue weighted by Gasteiger charge is -2.25. The minimum atomic E-state index is 0.0428. The smallest absolute Gasteiger partial charge is 0.233 e. The van der Waals surface area contributed by atoms with Crippen molar-refractivity contribution in [2.24, 2.45) is 29.6 Å². The summed E-state index contributed by atoms with van der Waals surface area (Å²) in [6.07, 6.45) is 2.26. The first-order valence-corrected chi connectivity index (χ1v) is 6.42. The Bertz CT molecular complexity index is 326. The van der Waals surface area contributed by atoms with Crippen molar-refractivity contribution in [1.29, 1.82) is 0 Å². The van der Waals surface area contributed by atoms with Crippen LogP contribution in [-0.4, -0.2) is 23.8 Å². The first-order valence-electron chi connectivity index (χ1n) is 6.42. The molecule has 1 saturated heterocycles.